The highest BCUT2D eigenvalue weighted by Crippen LogP contribution is 2.41. The van der Waals surface area contributed by atoms with E-state index in [9.17, 15) is 5.11 Å². The Bertz CT molecular complexity index is 722. The Labute approximate surface area is 155 Å². The summed E-state index contributed by atoms with van der Waals surface area (Å²) in [4.78, 5) is 2.25. The van der Waals surface area contributed by atoms with Gasteiger partial charge in [0, 0.05) is 6.04 Å². The van der Waals surface area contributed by atoms with Crippen LogP contribution in [0.4, 0.5) is 0 Å². The normalized spacial score (nSPS) is 21.0. The number of ether oxygens (including phenoxy) is 2. The molecule has 0 bridgehead atoms. The summed E-state index contributed by atoms with van der Waals surface area (Å²) in [6, 6.07) is 14.0. The molecule has 5 heteroatoms. The molecular formula is C20H26ClNO3. The number of methoxy groups -OCH3 is 2. The van der Waals surface area contributed by atoms with Crippen LogP contribution in [0.2, 0.25) is 0 Å². The van der Waals surface area contributed by atoms with Gasteiger partial charge in [-0.3, -0.25) is 4.90 Å². The zero-order valence-electron chi connectivity index (χ0n) is 15.1. The summed E-state index contributed by atoms with van der Waals surface area (Å²) in [6.45, 7) is 2.19. The minimum atomic E-state index is -0.625. The van der Waals surface area contributed by atoms with E-state index in [1.54, 1.807) is 14.2 Å². The second kappa shape index (κ2) is 8.09. The van der Waals surface area contributed by atoms with E-state index in [0.717, 1.165) is 29.0 Å². The third kappa shape index (κ3) is 3.76. The number of hydrogen-bond acceptors (Lipinski definition) is 4. The fraction of sp³-hybridized carbons (Fsp3) is 0.400. The van der Waals surface area contributed by atoms with Crippen LogP contribution in [0.15, 0.2) is 42.5 Å². The molecule has 0 saturated carbocycles. The van der Waals surface area contributed by atoms with Crippen LogP contribution in [0, 0.1) is 0 Å². The van der Waals surface area contributed by atoms with Crippen molar-refractivity contribution < 1.29 is 14.6 Å². The number of aliphatic hydroxyl groups excluding tert-OH is 1. The Morgan fingerprint density at radius 2 is 1.76 bits per heavy atom. The van der Waals surface area contributed by atoms with Gasteiger partial charge in [0.25, 0.3) is 0 Å². The molecule has 1 N–H and O–H groups in total. The average molecular weight is 364 g/mol. The molecule has 1 heterocycles. The first-order valence-corrected chi connectivity index (χ1v) is 8.26. The number of benzene rings is 2. The highest BCUT2D eigenvalue weighted by molar-refractivity contribution is 5.85. The Hall–Kier alpha value is -1.75. The minimum Gasteiger partial charge on any atom is -0.497 e. The topological polar surface area (TPSA) is 41.9 Å². The van der Waals surface area contributed by atoms with Crippen molar-refractivity contribution in [3.05, 3.63) is 59.2 Å². The molecule has 3 unspecified atom stereocenters. The number of halogens is 1. The van der Waals surface area contributed by atoms with Crippen LogP contribution in [0.1, 0.15) is 35.8 Å². The molecule has 3 rings (SSSR count). The maximum atomic E-state index is 11.1. The van der Waals surface area contributed by atoms with Gasteiger partial charge < -0.3 is 14.6 Å². The highest BCUT2D eigenvalue weighted by Gasteiger charge is 2.35. The Morgan fingerprint density at radius 3 is 2.44 bits per heavy atom. The summed E-state index contributed by atoms with van der Waals surface area (Å²) in [5, 5.41) is 11.1. The quantitative estimate of drug-likeness (QED) is 0.897. The SMILES string of the molecule is COc1cccc(C(O)C2c3ccc(OC)cc3CC(C)N2C)c1.Cl. The Morgan fingerprint density at radius 1 is 1.08 bits per heavy atom. The summed E-state index contributed by atoms with van der Waals surface area (Å²) in [5.41, 5.74) is 3.26. The lowest BCUT2D eigenvalue weighted by atomic mass is 9.84. The first-order chi connectivity index (χ1) is 11.5. The molecule has 2 aromatic rings. The van der Waals surface area contributed by atoms with E-state index in [1.807, 2.05) is 30.3 Å². The largest absolute Gasteiger partial charge is 0.497 e. The van der Waals surface area contributed by atoms with Gasteiger partial charge in [-0.1, -0.05) is 18.2 Å². The monoisotopic (exact) mass is 363 g/mol. The first kappa shape index (κ1) is 19.6. The van der Waals surface area contributed by atoms with Crippen molar-refractivity contribution >= 4 is 12.4 Å². The number of rotatable bonds is 4. The van der Waals surface area contributed by atoms with Gasteiger partial charge >= 0.3 is 0 Å². The van der Waals surface area contributed by atoms with Crippen molar-refractivity contribution in [1.29, 1.82) is 0 Å². The molecule has 0 aromatic heterocycles. The molecule has 0 saturated heterocycles. The molecule has 1 aliphatic rings. The summed E-state index contributed by atoms with van der Waals surface area (Å²) in [6.07, 6.45) is 0.324. The second-order valence-corrected chi connectivity index (χ2v) is 6.45. The van der Waals surface area contributed by atoms with Gasteiger partial charge in [0.1, 0.15) is 11.5 Å². The second-order valence-electron chi connectivity index (χ2n) is 6.45. The minimum absolute atomic E-state index is 0. The zero-order valence-corrected chi connectivity index (χ0v) is 15.9. The van der Waals surface area contributed by atoms with Crippen molar-refractivity contribution in [1.82, 2.24) is 4.90 Å². The summed E-state index contributed by atoms with van der Waals surface area (Å²) < 4.78 is 10.7. The van der Waals surface area contributed by atoms with E-state index in [-0.39, 0.29) is 18.4 Å². The molecule has 1 aliphatic heterocycles. The van der Waals surface area contributed by atoms with Crippen LogP contribution in [0.25, 0.3) is 0 Å². The Kier molecular flexibility index (Phi) is 6.33. The molecule has 0 spiro atoms. The fourth-order valence-corrected chi connectivity index (χ4v) is 3.53. The van der Waals surface area contributed by atoms with Crippen molar-refractivity contribution in [2.75, 3.05) is 21.3 Å². The third-order valence-electron chi connectivity index (χ3n) is 5.05. The predicted molar refractivity (Wildman–Crippen MR) is 102 cm³/mol. The molecular weight excluding hydrogens is 338 g/mol. The zero-order chi connectivity index (χ0) is 17.3. The van der Waals surface area contributed by atoms with E-state index in [0.29, 0.717) is 6.04 Å². The van der Waals surface area contributed by atoms with E-state index >= 15 is 0 Å². The molecule has 0 amide bonds. The highest BCUT2D eigenvalue weighted by atomic mass is 35.5. The van der Waals surface area contributed by atoms with Crippen molar-refractivity contribution in [3.63, 3.8) is 0 Å². The van der Waals surface area contributed by atoms with Gasteiger partial charge in [-0.25, -0.2) is 0 Å². The molecule has 0 aliphatic carbocycles. The smallest absolute Gasteiger partial charge is 0.119 e. The average Bonchev–Trinajstić information content (AvgIpc) is 2.62. The molecule has 4 nitrogen and oxygen atoms in total. The van der Waals surface area contributed by atoms with Gasteiger partial charge in [-0.15, -0.1) is 12.4 Å². The molecule has 3 atom stereocenters. The number of hydrogen-bond donors (Lipinski definition) is 1. The molecule has 2 aromatic carbocycles. The van der Waals surface area contributed by atoms with E-state index in [1.165, 1.54) is 5.56 Å². The fourth-order valence-electron chi connectivity index (χ4n) is 3.53. The lowest BCUT2D eigenvalue weighted by Gasteiger charge is -2.42. The van der Waals surface area contributed by atoms with Crippen molar-refractivity contribution in [2.24, 2.45) is 0 Å². The Balaban J connectivity index is 0.00000225. The van der Waals surface area contributed by atoms with Gasteiger partial charge in [-0.05, 0) is 61.3 Å². The van der Waals surface area contributed by atoms with Crippen LogP contribution < -0.4 is 9.47 Å². The van der Waals surface area contributed by atoms with Gasteiger partial charge in [0.15, 0.2) is 0 Å². The summed E-state index contributed by atoms with van der Waals surface area (Å²) >= 11 is 0. The molecule has 25 heavy (non-hydrogen) atoms. The summed E-state index contributed by atoms with van der Waals surface area (Å²) in [5.74, 6) is 1.62. The van der Waals surface area contributed by atoms with Crippen molar-refractivity contribution in [2.45, 2.75) is 31.5 Å². The number of likely N-dealkylation sites (N-methyl/N-ethyl adjacent to an activating group) is 1. The lowest BCUT2D eigenvalue weighted by molar-refractivity contribution is 0.0338. The van der Waals surface area contributed by atoms with Gasteiger partial charge in [0.2, 0.25) is 0 Å². The summed E-state index contributed by atoms with van der Waals surface area (Å²) in [7, 11) is 5.40. The van der Waals surface area contributed by atoms with Crippen LogP contribution in [-0.2, 0) is 6.42 Å². The van der Waals surface area contributed by atoms with Gasteiger partial charge in [-0.2, -0.15) is 0 Å². The van der Waals surface area contributed by atoms with E-state index in [2.05, 4.69) is 31.0 Å². The lowest BCUT2D eigenvalue weighted by Crippen LogP contribution is -2.41. The van der Waals surface area contributed by atoms with E-state index < -0.39 is 6.10 Å². The maximum absolute atomic E-state index is 11.1. The third-order valence-corrected chi connectivity index (χ3v) is 5.05. The molecule has 136 valence electrons. The van der Waals surface area contributed by atoms with Crippen LogP contribution in [0.3, 0.4) is 0 Å². The van der Waals surface area contributed by atoms with Crippen LogP contribution >= 0.6 is 12.4 Å². The molecule has 0 fully saturated rings. The van der Waals surface area contributed by atoms with E-state index in [4.69, 9.17) is 9.47 Å². The van der Waals surface area contributed by atoms with Crippen LogP contribution in [-0.4, -0.2) is 37.3 Å². The van der Waals surface area contributed by atoms with Crippen LogP contribution in [0.5, 0.6) is 11.5 Å². The standard InChI is InChI=1S/C20H25NO3.ClH/c1-13-10-15-12-17(24-4)8-9-18(15)19(21(13)2)20(22)14-6-5-7-16(11-14)23-3;/h5-9,11-13,19-20,22H,10H2,1-4H3;1H. The number of fused-ring (bicyclic) bond motifs is 1. The van der Waals surface area contributed by atoms with Gasteiger partial charge in [0.05, 0.1) is 26.4 Å². The maximum Gasteiger partial charge on any atom is 0.119 e. The van der Waals surface area contributed by atoms with Crippen molar-refractivity contribution in [3.8, 4) is 11.5 Å². The first-order valence-electron chi connectivity index (χ1n) is 8.26. The predicted octanol–water partition coefficient (Wildman–Crippen LogP) is 3.78. The molecule has 0 radical (unpaired) electrons. The number of nitrogens with zero attached hydrogens (tertiary/aromatic N) is 1. The number of aliphatic hydroxyl groups is 1.